The van der Waals surface area contributed by atoms with E-state index in [-0.39, 0.29) is 0 Å². The maximum Gasteiger partial charge on any atom is 0.0655 e. The van der Waals surface area contributed by atoms with Crippen LogP contribution in [0.25, 0.3) is 0 Å². The van der Waals surface area contributed by atoms with Gasteiger partial charge in [-0.05, 0) is 57.3 Å². The van der Waals surface area contributed by atoms with Crippen molar-refractivity contribution < 1.29 is 4.74 Å². The second kappa shape index (κ2) is 6.91. The van der Waals surface area contributed by atoms with Crippen LogP contribution >= 0.6 is 0 Å². The number of methoxy groups -OCH3 is 1. The predicted octanol–water partition coefficient (Wildman–Crippen LogP) is 3.77. The summed E-state index contributed by atoms with van der Waals surface area (Å²) in [6.07, 6.45) is 7.54. The summed E-state index contributed by atoms with van der Waals surface area (Å²) in [5.74, 6) is 1.97. The number of ether oxygens (including phenoxy) is 1. The second-order valence-corrected chi connectivity index (χ2v) is 5.34. The van der Waals surface area contributed by atoms with E-state index in [0.29, 0.717) is 12.0 Å². The van der Waals surface area contributed by atoms with Crippen LogP contribution in [-0.4, -0.2) is 13.2 Å². The first-order chi connectivity index (χ1) is 7.67. The zero-order chi connectivity index (χ0) is 12.0. The van der Waals surface area contributed by atoms with Crippen molar-refractivity contribution in [2.45, 2.75) is 58.5 Å². The molecule has 1 aliphatic rings. The highest BCUT2D eigenvalue weighted by Crippen LogP contribution is 2.35. The highest BCUT2D eigenvalue weighted by atomic mass is 16.5. The fourth-order valence-corrected chi connectivity index (χ4v) is 2.67. The molecule has 0 bridgehead atoms. The molecule has 0 spiro atoms. The van der Waals surface area contributed by atoms with Gasteiger partial charge in [0.25, 0.3) is 0 Å². The van der Waals surface area contributed by atoms with E-state index < -0.39 is 0 Å². The molecule has 0 heterocycles. The van der Waals surface area contributed by atoms with Gasteiger partial charge in [-0.3, -0.25) is 0 Å². The van der Waals surface area contributed by atoms with E-state index in [1.54, 1.807) is 7.11 Å². The third kappa shape index (κ3) is 4.14. The van der Waals surface area contributed by atoms with Crippen LogP contribution in [-0.2, 0) is 4.74 Å². The summed E-state index contributed by atoms with van der Waals surface area (Å²) in [5.41, 5.74) is 0. The first kappa shape index (κ1) is 13.5. The minimum atomic E-state index is 0.335. The molecule has 0 aliphatic heterocycles. The normalized spacial score (nSPS) is 29.4. The van der Waals surface area contributed by atoms with Gasteiger partial charge < -0.3 is 4.74 Å². The van der Waals surface area contributed by atoms with Gasteiger partial charge in [0.15, 0.2) is 0 Å². The van der Waals surface area contributed by atoms with Crippen LogP contribution in [0.4, 0.5) is 0 Å². The highest BCUT2D eigenvalue weighted by Gasteiger charge is 2.24. The SMILES string of the molecule is COC(C)CCC(C)C1CCC(C#N)CC1. The van der Waals surface area contributed by atoms with Crippen molar-refractivity contribution in [2.75, 3.05) is 7.11 Å². The molecule has 2 heteroatoms. The van der Waals surface area contributed by atoms with Crippen molar-refractivity contribution >= 4 is 0 Å². The molecule has 1 fully saturated rings. The van der Waals surface area contributed by atoms with E-state index >= 15 is 0 Å². The first-order valence-corrected chi connectivity index (χ1v) is 6.59. The number of nitriles is 1. The largest absolute Gasteiger partial charge is 0.382 e. The molecule has 2 unspecified atom stereocenters. The van der Waals surface area contributed by atoms with Crippen LogP contribution in [0.3, 0.4) is 0 Å². The molecule has 1 rings (SSSR count). The molecule has 0 amide bonds. The third-order valence-electron chi connectivity index (χ3n) is 4.19. The molecule has 0 aromatic heterocycles. The molecule has 0 aromatic carbocycles. The summed E-state index contributed by atoms with van der Waals surface area (Å²) in [6.45, 7) is 4.50. The lowest BCUT2D eigenvalue weighted by atomic mass is 9.75. The Morgan fingerprint density at radius 1 is 1.19 bits per heavy atom. The number of hydrogen-bond acceptors (Lipinski definition) is 2. The predicted molar refractivity (Wildman–Crippen MR) is 65.9 cm³/mol. The maximum absolute atomic E-state index is 8.86. The van der Waals surface area contributed by atoms with Crippen LogP contribution in [0.1, 0.15) is 52.4 Å². The summed E-state index contributed by atoms with van der Waals surface area (Å²) >= 11 is 0. The molecule has 2 atom stereocenters. The average molecular weight is 223 g/mol. The summed E-state index contributed by atoms with van der Waals surface area (Å²) in [6, 6.07) is 2.40. The minimum Gasteiger partial charge on any atom is -0.382 e. The molecule has 1 aliphatic carbocycles. The Kier molecular flexibility index (Phi) is 5.84. The van der Waals surface area contributed by atoms with Crippen molar-refractivity contribution in [3.8, 4) is 6.07 Å². The van der Waals surface area contributed by atoms with Crippen molar-refractivity contribution in [3.05, 3.63) is 0 Å². The van der Waals surface area contributed by atoms with E-state index in [0.717, 1.165) is 31.1 Å². The topological polar surface area (TPSA) is 33.0 Å². The summed E-state index contributed by atoms with van der Waals surface area (Å²) in [5, 5.41) is 8.86. The zero-order valence-electron chi connectivity index (χ0n) is 10.9. The second-order valence-electron chi connectivity index (χ2n) is 5.34. The minimum absolute atomic E-state index is 0.335. The Labute approximate surface area is 100.0 Å². The fraction of sp³-hybridized carbons (Fsp3) is 0.929. The van der Waals surface area contributed by atoms with Crippen LogP contribution in [0, 0.1) is 29.1 Å². The van der Waals surface area contributed by atoms with E-state index in [1.807, 2.05) is 0 Å². The van der Waals surface area contributed by atoms with Gasteiger partial charge in [-0.15, -0.1) is 0 Å². The Balaban J connectivity index is 2.23. The lowest BCUT2D eigenvalue weighted by Gasteiger charge is -2.30. The molecular formula is C14H25NO. The monoisotopic (exact) mass is 223 g/mol. The summed E-state index contributed by atoms with van der Waals surface area (Å²) < 4.78 is 5.28. The Bertz CT molecular complexity index is 225. The van der Waals surface area contributed by atoms with Crippen LogP contribution in [0.15, 0.2) is 0 Å². The van der Waals surface area contributed by atoms with Crippen LogP contribution in [0.5, 0.6) is 0 Å². The summed E-state index contributed by atoms with van der Waals surface area (Å²) in [4.78, 5) is 0. The van der Waals surface area contributed by atoms with E-state index in [4.69, 9.17) is 10.00 Å². The molecule has 0 aromatic rings. The highest BCUT2D eigenvalue weighted by molar-refractivity contribution is 4.88. The summed E-state index contributed by atoms with van der Waals surface area (Å²) in [7, 11) is 1.79. The van der Waals surface area contributed by atoms with Crippen molar-refractivity contribution in [2.24, 2.45) is 17.8 Å². The Morgan fingerprint density at radius 2 is 1.81 bits per heavy atom. The third-order valence-corrected chi connectivity index (χ3v) is 4.19. The Morgan fingerprint density at radius 3 is 2.31 bits per heavy atom. The molecule has 1 saturated carbocycles. The molecule has 92 valence electrons. The van der Waals surface area contributed by atoms with Gasteiger partial charge in [0, 0.05) is 13.0 Å². The van der Waals surface area contributed by atoms with Gasteiger partial charge in [-0.25, -0.2) is 0 Å². The Hall–Kier alpha value is -0.550. The van der Waals surface area contributed by atoms with E-state index in [2.05, 4.69) is 19.9 Å². The van der Waals surface area contributed by atoms with Gasteiger partial charge in [-0.2, -0.15) is 5.26 Å². The number of rotatable bonds is 5. The van der Waals surface area contributed by atoms with Gasteiger partial charge in [-0.1, -0.05) is 6.92 Å². The average Bonchev–Trinajstić information content (AvgIpc) is 2.35. The van der Waals surface area contributed by atoms with Gasteiger partial charge >= 0.3 is 0 Å². The lowest BCUT2D eigenvalue weighted by molar-refractivity contribution is 0.0984. The van der Waals surface area contributed by atoms with Crippen molar-refractivity contribution in [1.82, 2.24) is 0 Å². The fourth-order valence-electron chi connectivity index (χ4n) is 2.67. The van der Waals surface area contributed by atoms with E-state index in [9.17, 15) is 0 Å². The van der Waals surface area contributed by atoms with Gasteiger partial charge in [0.05, 0.1) is 12.2 Å². The van der Waals surface area contributed by atoms with Crippen molar-refractivity contribution in [3.63, 3.8) is 0 Å². The van der Waals surface area contributed by atoms with E-state index in [1.165, 1.54) is 19.3 Å². The number of nitrogens with zero attached hydrogens (tertiary/aromatic N) is 1. The van der Waals surface area contributed by atoms with Crippen LogP contribution < -0.4 is 0 Å². The van der Waals surface area contributed by atoms with Gasteiger partial charge in [0.1, 0.15) is 0 Å². The van der Waals surface area contributed by atoms with Crippen molar-refractivity contribution in [1.29, 1.82) is 5.26 Å². The smallest absolute Gasteiger partial charge is 0.0655 e. The van der Waals surface area contributed by atoms with Crippen LogP contribution in [0.2, 0.25) is 0 Å². The molecule has 0 radical (unpaired) electrons. The quantitative estimate of drug-likeness (QED) is 0.711. The number of hydrogen-bond donors (Lipinski definition) is 0. The molecular weight excluding hydrogens is 198 g/mol. The molecule has 16 heavy (non-hydrogen) atoms. The molecule has 0 saturated heterocycles. The first-order valence-electron chi connectivity index (χ1n) is 6.59. The maximum atomic E-state index is 8.86. The molecule has 2 nitrogen and oxygen atoms in total. The van der Waals surface area contributed by atoms with Gasteiger partial charge in [0.2, 0.25) is 0 Å². The zero-order valence-corrected chi connectivity index (χ0v) is 10.9. The molecule has 0 N–H and O–H groups in total. The lowest BCUT2D eigenvalue weighted by Crippen LogP contribution is -2.20. The standard InChI is InChI=1S/C14H25NO/c1-11(4-5-12(2)16-3)14-8-6-13(10-15)7-9-14/h11-14H,4-9H2,1-3H3.